The maximum atomic E-state index is 14.2. The summed E-state index contributed by atoms with van der Waals surface area (Å²) in [5.74, 6) is -0.597. The molecule has 0 bridgehead atoms. The normalized spacial score (nSPS) is 12.0. The Morgan fingerprint density at radius 1 is 0.951 bits per heavy atom. The third kappa shape index (κ3) is 8.01. The molecule has 3 aromatic rings. The van der Waals surface area contributed by atoms with Gasteiger partial charge in [0.05, 0.1) is 17.7 Å². The molecule has 0 fully saturated rings. The van der Waals surface area contributed by atoms with Gasteiger partial charge >= 0.3 is 0 Å². The Bertz CT molecular complexity index is 1440. The highest BCUT2D eigenvalue weighted by molar-refractivity contribution is 7.92. The molecule has 8 nitrogen and oxygen atoms in total. The maximum Gasteiger partial charge on any atom is 0.264 e. The Morgan fingerprint density at radius 3 is 2.12 bits per heavy atom. The number of halogens is 1. The van der Waals surface area contributed by atoms with E-state index < -0.39 is 28.5 Å². The van der Waals surface area contributed by atoms with E-state index >= 15 is 0 Å². The van der Waals surface area contributed by atoms with Crippen molar-refractivity contribution in [1.29, 1.82) is 0 Å². The summed E-state index contributed by atoms with van der Waals surface area (Å²) < 4.78 is 34.6. The van der Waals surface area contributed by atoms with Gasteiger partial charge in [-0.3, -0.25) is 13.9 Å². The van der Waals surface area contributed by atoms with Gasteiger partial charge in [0, 0.05) is 18.1 Å². The smallest absolute Gasteiger partial charge is 0.264 e. The number of aryl methyl sites for hydroxylation is 2. The molecule has 1 atom stereocenters. The summed E-state index contributed by atoms with van der Waals surface area (Å²) in [6, 6.07) is 17.8. The van der Waals surface area contributed by atoms with Crippen molar-refractivity contribution in [3.8, 4) is 5.75 Å². The fraction of sp³-hybridized carbons (Fsp3) is 0.355. The summed E-state index contributed by atoms with van der Waals surface area (Å²) in [4.78, 5) is 28.8. The Hall–Kier alpha value is -3.56. The van der Waals surface area contributed by atoms with E-state index in [1.807, 2.05) is 52.0 Å². The van der Waals surface area contributed by atoms with E-state index in [1.165, 1.54) is 30.2 Å². The maximum absolute atomic E-state index is 14.2. The van der Waals surface area contributed by atoms with Crippen molar-refractivity contribution in [3.05, 3.63) is 88.4 Å². The highest BCUT2D eigenvalue weighted by Crippen LogP contribution is 2.35. The molecule has 1 N–H and O–H groups in total. The molecule has 3 rings (SSSR count). The predicted molar refractivity (Wildman–Crippen MR) is 163 cm³/mol. The summed E-state index contributed by atoms with van der Waals surface area (Å²) >= 11 is 6.29. The minimum Gasteiger partial charge on any atom is -0.495 e. The van der Waals surface area contributed by atoms with Crippen LogP contribution in [-0.2, 0) is 26.2 Å². The molecule has 0 saturated carbocycles. The zero-order chi connectivity index (χ0) is 30.2. The molecule has 10 heteroatoms. The number of nitrogens with zero attached hydrogens (tertiary/aromatic N) is 2. The van der Waals surface area contributed by atoms with Crippen molar-refractivity contribution < 1.29 is 22.7 Å². The van der Waals surface area contributed by atoms with E-state index in [4.69, 9.17) is 16.3 Å². The molecule has 0 saturated heterocycles. The molecule has 0 aliphatic rings. The van der Waals surface area contributed by atoms with Gasteiger partial charge in [0.1, 0.15) is 18.3 Å². The number of carbonyl (C=O) groups is 2. The number of carbonyl (C=O) groups excluding carboxylic acids is 2. The molecule has 41 heavy (non-hydrogen) atoms. The molecule has 0 radical (unpaired) electrons. The molecule has 0 aliphatic carbocycles. The lowest BCUT2D eigenvalue weighted by Crippen LogP contribution is -2.52. The van der Waals surface area contributed by atoms with Gasteiger partial charge in [-0.2, -0.15) is 0 Å². The largest absolute Gasteiger partial charge is 0.495 e. The fourth-order valence-corrected chi connectivity index (χ4v) is 5.97. The number of benzene rings is 3. The topological polar surface area (TPSA) is 96.0 Å². The standard InChI is InChI=1S/C31H38ClN3O5S/c1-6-18-33-31(37)27(7-2)34(20-24-12-8-22(3)9-13-24)30(36)21-35(28-19-25(32)14-17-29(28)40-5)41(38,39)26-15-10-23(4)11-16-26/h8-17,19,27H,6-7,18,20-21H2,1-5H3,(H,33,37). The predicted octanol–water partition coefficient (Wildman–Crippen LogP) is 5.49. The molecule has 220 valence electrons. The highest BCUT2D eigenvalue weighted by Gasteiger charge is 2.34. The number of hydrogen-bond acceptors (Lipinski definition) is 5. The summed E-state index contributed by atoms with van der Waals surface area (Å²) in [5, 5.41) is 3.16. The van der Waals surface area contributed by atoms with Crippen LogP contribution >= 0.6 is 11.6 Å². The van der Waals surface area contributed by atoms with Gasteiger partial charge < -0.3 is 15.0 Å². The molecule has 0 aromatic heterocycles. The minimum atomic E-state index is -4.25. The minimum absolute atomic E-state index is 0.00995. The molecule has 0 heterocycles. The molecule has 1 unspecified atom stereocenters. The summed E-state index contributed by atoms with van der Waals surface area (Å²) in [5.41, 5.74) is 2.88. The number of rotatable bonds is 13. The number of anilines is 1. The Kier molecular flexibility index (Phi) is 11.2. The van der Waals surface area contributed by atoms with Crippen LogP contribution in [0, 0.1) is 13.8 Å². The van der Waals surface area contributed by atoms with Gasteiger partial charge in [0.25, 0.3) is 10.0 Å². The molecular weight excluding hydrogens is 562 g/mol. The first-order valence-electron chi connectivity index (χ1n) is 13.6. The van der Waals surface area contributed by atoms with Gasteiger partial charge in [-0.1, -0.05) is 73.0 Å². The van der Waals surface area contributed by atoms with E-state index in [2.05, 4.69) is 5.32 Å². The second-order valence-corrected chi connectivity index (χ2v) is 12.2. The van der Waals surface area contributed by atoms with Gasteiger partial charge in [-0.05, 0) is 62.6 Å². The molecule has 0 spiro atoms. The van der Waals surface area contributed by atoms with Gasteiger partial charge in [0.2, 0.25) is 11.8 Å². The van der Waals surface area contributed by atoms with Crippen LogP contribution in [0.1, 0.15) is 43.4 Å². The van der Waals surface area contributed by atoms with E-state index in [0.29, 0.717) is 13.0 Å². The highest BCUT2D eigenvalue weighted by atomic mass is 35.5. The van der Waals surface area contributed by atoms with E-state index in [1.54, 1.807) is 24.3 Å². The summed E-state index contributed by atoms with van der Waals surface area (Å²) in [6.07, 6.45) is 1.09. The molecule has 2 amide bonds. The Morgan fingerprint density at radius 2 is 1.56 bits per heavy atom. The van der Waals surface area contributed by atoms with Crippen LogP contribution < -0.4 is 14.4 Å². The van der Waals surface area contributed by atoms with Crippen LogP contribution in [0.5, 0.6) is 5.75 Å². The van der Waals surface area contributed by atoms with Crippen molar-refractivity contribution in [2.24, 2.45) is 0 Å². The first-order valence-corrected chi connectivity index (χ1v) is 15.4. The monoisotopic (exact) mass is 599 g/mol. The Labute approximate surface area is 248 Å². The van der Waals surface area contributed by atoms with Crippen LogP contribution in [0.2, 0.25) is 5.02 Å². The summed E-state index contributed by atoms with van der Waals surface area (Å²) in [6.45, 7) is 7.62. The number of amides is 2. The average Bonchev–Trinajstić information content (AvgIpc) is 2.95. The number of ether oxygens (including phenoxy) is 1. The van der Waals surface area contributed by atoms with Crippen molar-refractivity contribution in [2.45, 2.75) is 58.0 Å². The number of methoxy groups -OCH3 is 1. The molecule has 3 aromatic carbocycles. The third-order valence-electron chi connectivity index (χ3n) is 6.71. The van der Waals surface area contributed by atoms with Gasteiger partial charge in [-0.25, -0.2) is 8.42 Å². The van der Waals surface area contributed by atoms with Crippen molar-refractivity contribution >= 4 is 39.1 Å². The van der Waals surface area contributed by atoms with E-state index in [9.17, 15) is 18.0 Å². The van der Waals surface area contributed by atoms with Crippen LogP contribution in [0.4, 0.5) is 5.69 Å². The van der Waals surface area contributed by atoms with Crippen molar-refractivity contribution in [3.63, 3.8) is 0 Å². The van der Waals surface area contributed by atoms with Crippen LogP contribution in [0.15, 0.2) is 71.6 Å². The number of nitrogens with one attached hydrogen (secondary N) is 1. The van der Waals surface area contributed by atoms with Crippen LogP contribution in [0.3, 0.4) is 0 Å². The van der Waals surface area contributed by atoms with E-state index in [-0.39, 0.29) is 33.8 Å². The van der Waals surface area contributed by atoms with Crippen LogP contribution in [-0.4, -0.2) is 51.4 Å². The third-order valence-corrected chi connectivity index (χ3v) is 8.72. The van der Waals surface area contributed by atoms with E-state index in [0.717, 1.165) is 27.4 Å². The lowest BCUT2D eigenvalue weighted by atomic mass is 10.1. The van der Waals surface area contributed by atoms with Gasteiger partial charge in [0.15, 0.2) is 0 Å². The summed E-state index contributed by atoms with van der Waals surface area (Å²) in [7, 11) is -2.83. The lowest BCUT2D eigenvalue weighted by Gasteiger charge is -2.33. The van der Waals surface area contributed by atoms with Crippen LogP contribution in [0.25, 0.3) is 0 Å². The van der Waals surface area contributed by atoms with Crippen molar-refractivity contribution in [1.82, 2.24) is 10.2 Å². The first kappa shape index (κ1) is 32.0. The fourth-order valence-electron chi connectivity index (χ4n) is 4.38. The van der Waals surface area contributed by atoms with Gasteiger partial charge in [-0.15, -0.1) is 0 Å². The SMILES string of the molecule is CCCNC(=O)C(CC)N(Cc1ccc(C)cc1)C(=O)CN(c1cc(Cl)ccc1OC)S(=O)(=O)c1ccc(C)cc1. The molecule has 0 aliphatic heterocycles. The zero-order valence-corrected chi connectivity index (χ0v) is 25.8. The number of hydrogen-bond donors (Lipinski definition) is 1. The zero-order valence-electron chi connectivity index (χ0n) is 24.2. The quantitative estimate of drug-likeness (QED) is 0.280. The Balaban J connectivity index is 2.11. The first-order chi connectivity index (χ1) is 19.5. The second kappa shape index (κ2) is 14.4. The second-order valence-electron chi connectivity index (χ2n) is 9.86. The number of sulfonamides is 1. The van der Waals surface area contributed by atoms with Crippen molar-refractivity contribution in [2.75, 3.05) is 24.5 Å². The molecular formula is C31H38ClN3O5S. The average molecular weight is 600 g/mol. The lowest BCUT2D eigenvalue weighted by molar-refractivity contribution is -0.140.